The molecule has 260 valence electrons. The molecule has 0 saturated carbocycles. The topological polar surface area (TPSA) is 145 Å². The summed E-state index contributed by atoms with van der Waals surface area (Å²) in [5.74, 6) is -0.688. The summed E-state index contributed by atoms with van der Waals surface area (Å²) < 4.78 is 21.6. The third-order valence-corrected chi connectivity index (χ3v) is 9.48. The highest BCUT2D eigenvalue weighted by molar-refractivity contribution is 8.00. The third kappa shape index (κ3) is 7.21. The lowest BCUT2D eigenvalue weighted by atomic mass is 9.98. The second-order valence-corrected chi connectivity index (χ2v) is 12.6. The van der Waals surface area contributed by atoms with Crippen molar-refractivity contribution in [1.82, 2.24) is 4.98 Å². The fourth-order valence-electron chi connectivity index (χ4n) is 5.73. The van der Waals surface area contributed by atoms with Gasteiger partial charge in [0, 0.05) is 28.7 Å². The van der Waals surface area contributed by atoms with Crippen molar-refractivity contribution in [1.29, 1.82) is 5.26 Å². The second kappa shape index (κ2) is 15.6. The molecular formula is C40H31N3O8S. The molecule has 0 spiro atoms. The van der Waals surface area contributed by atoms with E-state index in [1.807, 2.05) is 36.4 Å². The standard InChI is InChI=1S/C40H31N3O8S/c1-48-28-12-7-11-26(19-28)33(44)23-51-40(47)25-15-17-27(18-16-25)43-36(45)21-35(39(43)46)52-38-31(22-41)30(20-32(42-38)24-9-5-4-6-10-24)29-13-8-14-34(49-2)37(29)50-3/h4-20,35H,21,23H2,1-3H3. The molecule has 0 N–H and O–H groups in total. The molecule has 2 heterocycles. The summed E-state index contributed by atoms with van der Waals surface area (Å²) in [5.41, 5.74) is 3.40. The molecule has 12 heteroatoms. The highest BCUT2D eigenvalue weighted by Crippen LogP contribution is 2.44. The molecule has 2 amide bonds. The number of pyridine rings is 1. The maximum absolute atomic E-state index is 13.8. The summed E-state index contributed by atoms with van der Waals surface area (Å²) in [5, 5.41) is 9.85. The smallest absolute Gasteiger partial charge is 0.338 e. The van der Waals surface area contributed by atoms with Crippen LogP contribution in [0.4, 0.5) is 5.69 Å². The lowest BCUT2D eigenvalue weighted by Gasteiger charge is -2.18. The first kappa shape index (κ1) is 35.4. The number of Topliss-reactive ketones (excluding diaryl/α,β-unsaturated/α-hetero) is 1. The van der Waals surface area contributed by atoms with Gasteiger partial charge >= 0.3 is 5.97 Å². The van der Waals surface area contributed by atoms with Crippen LogP contribution in [-0.4, -0.2) is 61.7 Å². The molecule has 0 bridgehead atoms. The maximum Gasteiger partial charge on any atom is 0.338 e. The molecule has 5 aromatic rings. The van der Waals surface area contributed by atoms with Crippen LogP contribution in [-0.2, 0) is 14.3 Å². The van der Waals surface area contributed by atoms with Crippen molar-refractivity contribution < 1.29 is 38.1 Å². The number of thioether (sulfide) groups is 1. The Balaban J connectivity index is 1.24. The molecule has 0 aliphatic carbocycles. The predicted molar refractivity (Wildman–Crippen MR) is 194 cm³/mol. The number of amides is 2. The number of hydrogen-bond donors (Lipinski definition) is 0. The van der Waals surface area contributed by atoms with Gasteiger partial charge in [-0.25, -0.2) is 14.7 Å². The molecule has 11 nitrogen and oxygen atoms in total. The average molecular weight is 714 g/mol. The van der Waals surface area contributed by atoms with E-state index in [1.54, 1.807) is 42.5 Å². The van der Waals surface area contributed by atoms with Gasteiger partial charge in [-0.1, -0.05) is 66.4 Å². The van der Waals surface area contributed by atoms with E-state index in [9.17, 15) is 24.4 Å². The van der Waals surface area contributed by atoms with E-state index in [-0.39, 0.29) is 28.3 Å². The fraction of sp³-hybridized carbons (Fsp3) is 0.150. The van der Waals surface area contributed by atoms with Crippen molar-refractivity contribution in [3.8, 4) is 45.7 Å². The Bertz CT molecular complexity index is 2220. The van der Waals surface area contributed by atoms with Gasteiger partial charge in [-0.3, -0.25) is 14.4 Å². The first-order valence-corrected chi connectivity index (χ1v) is 16.8. The van der Waals surface area contributed by atoms with E-state index in [2.05, 4.69) is 6.07 Å². The van der Waals surface area contributed by atoms with Gasteiger partial charge in [0.05, 0.1) is 49.1 Å². The molecule has 4 aromatic carbocycles. The molecule has 52 heavy (non-hydrogen) atoms. The lowest BCUT2D eigenvalue weighted by Crippen LogP contribution is -2.31. The van der Waals surface area contributed by atoms with Gasteiger partial charge in [0.2, 0.25) is 11.8 Å². The second-order valence-electron chi connectivity index (χ2n) is 11.4. The van der Waals surface area contributed by atoms with Crippen LogP contribution in [0.5, 0.6) is 17.2 Å². The Kier molecular flexibility index (Phi) is 10.6. The number of imide groups is 1. The van der Waals surface area contributed by atoms with Crippen LogP contribution in [0.15, 0.2) is 108 Å². The average Bonchev–Trinajstić information content (AvgIpc) is 3.47. The summed E-state index contributed by atoms with van der Waals surface area (Å²) in [6.45, 7) is -0.480. The van der Waals surface area contributed by atoms with Crippen LogP contribution in [0.3, 0.4) is 0 Å². The number of hydrogen-bond acceptors (Lipinski definition) is 11. The number of methoxy groups -OCH3 is 3. The van der Waals surface area contributed by atoms with E-state index in [0.29, 0.717) is 39.6 Å². The number of esters is 1. The molecule has 1 aromatic heterocycles. The normalized spacial score (nSPS) is 13.7. The number of ether oxygens (including phenoxy) is 4. The SMILES string of the molecule is COc1cccc(C(=O)COC(=O)c2ccc(N3C(=O)CC(Sc4nc(-c5ccccc5)cc(-c5cccc(OC)c5OC)c4C#N)C3=O)cc2)c1. The van der Waals surface area contributed by atoms with Crippen molar-refractivity contribution in [3.05, 3.63) is 120 Å². The number of anilines is 1. The zero-order valence-electron chi connectivity index (χ0n) is 28.3. The molecule has 1 aliphatic rings. The monoisotopic (exact) mass is 713 g/mol. The summed E-state index contributed by atoms with van der Waals surface area (Å²) in [7, 11) is 4.52. The minimum Gasteiger partial charge on any atom is -0.497 e. The van der Waals surface area contributed by atoms with Gasteiger partial charge < -0.3 is 18.9 Å². The van der Waals surface area contributed by atoms with Crippen LogP contribution in [0.1, 0.15) is 32.7 Å². The number of nitriles is 1. The summed E-state index contributed by atoms with van der Waals surface area (Å²) in [6.07, 6.45) is -0.139. The number of ketones is 1. The van der Waals surface area contributed by atoms with Crippen LogP contribution in [0.2, 0.25) is 0 Å². The number of para-hydroxylation sites is 1. The van der Waals surface area contributed by atoms with Crippen LogP contribution in [0, 0.1) is 11.3 Å². The quantitative estimate of drug-likeness (QED) is 0.0767. The largest absolute Gasteiger partial charge is 0.497 e. The number of carbonyl (C=O) groups excluding carboxylic acids is 4. The summed E-state index contributed by atoms with van der Waals surface area (Å²) in [4.78, 5) is 58.2. The lowest BCUT2D eigenvalue weighted by molar-refractivity contribution is -0.121. The van der Waals surface area contributed by atoms with E-state index < -0.39 is 35.4 Å². The predicted octanol–water partition coefficient (Wildman–Crippen LogP) is 6.78. The van der Waals surface area contributed by atoms with Gasteiger partial charge in [-0.2, -0.15) is 5.26 Å². The Hall–Kier alpha value is -6.45. The minimum absolute atomic E-state index is 0.133. The van der Waals surface area contributed by atoms with Gasteiger partial charge in [-0.05, 0) is 48.5 Å². The molecule has 1 atom stereocenters. The van der Waals surface area contributed by atoms with E-state index in [1.165, 1.54) is 45.6 Å². The minimum atomic E-state index is -0.884. The van der Waals surface area contributed by atoms with Crippen molar-refractivity contribution >= 4 is 41.0 Å². The van der Waals surface area contributed by atoms with Crippen molar-refractivity contribution in [2.24, 2.45) is 0 Å². The van der Waals surface area contributed by atoms with Crippen molar-refractivity contribution in [2.45, 2.75) is 16.7 Å². The highest BCUT2D eigenvalue weighted by Gasteiger charge is 2.41. The van der Waals surface area contributed by atoms with Gasteiger partial charge in [-0.15, -0.1) is 0 Å². The summed E-state index contributed by atoms with van der Waals surface area (Å²) in [6, 6.07) is 31.1. The number of rotatable bonds is 12. The van der Waals surface area contributed by atoms with Crippen LogP contribution >= 0.6 is 11.8 Å². The van der Waals surface area contributed by atoms with E-state index in [4.69, 9.17) is 23.9 Å². The number of nitrogens with zero attached hydrogens (tertiary/aromatic N) is 3. The van der Waals surface area contributed by atoms with Crippen LogP contribution in [0.25, 0.3) is 22.4 Å². The summed E-state index contributed by atoms with van der Waals surface area (Å²) >= 11 is 1.04. The third-order valence-electron chi connectivity index (χ3n) is 8.31. The van der Waals surface area contributed by atoms with Gasteiger partial charge in [0.25, 0.3) is 0 Å². The number of benzene rings is 4. The van der Waals surface area contributed by atoms with Crippen LogP contribution < -0.4 is 19.1 Å². The molecular weight excluding hydrogens is 683 g/mol. The molecule has 1 saturated heterocycles. The highest BCUT2D eigenvalue weighted by atomic mass is 32.2. The Labute approximate surface area is 303 Å². The molecule has 1 unspecified atom stereocenters. The van der Waals surface area contributed by atoms with Crippen molar-refractivity contribution in [3.63, 3.8) is 0 Å². The molecule has 0 radical (unpaired) electrons. The Morgan fingerprint density at radius 2 is 1.60 bits per heavy atom. The zero-order valence-corrected chi connectivity index (χ0v) is 29.1. The Morgan fingerprint density at radius 1 is 0.846 bits per heavy atom. The molecule has 6 rings (SSSR count). The Morgan fingerprint density at radius 3 is 2.29 bits per heavy atom. The van der Waals surface area contributed by atoms with E-state index >= 15 is 0 Å². The molecule has 1 fully saturated rings. The first-order chi connectivity index (χ1) is 25.3. The number of aromatic nitrogens is 1. The zero-order chi connectivity index (χ0) is 36.8. The molecule has 1 aliphatic heterocycles. The fourth-order valence-corrected chi connectivity index (χ4v) is 6.85. The van der Waals surface area contributed by atoms with Gasteiger partial charge in [0.15, 0.2) is 23.9 Å². The van der Waals surface area contributed by atoms with E-state index in [0.717, 1.165) is 22.2 Å². The number of carbonyl (C=O) groups is 4. The first-order valence-electron chi connectivity index (χ1n) is 16.0. The maximum atomic E-state index is 13.8. The van der Waals surface area contributed by atoms with Crippen molar-refractivity contribution in [2.75, 3.05) is 32.8 Å². The van der Waals surface area contributed by atoms with Gasteiger partial charge in [0.1, 0.15) is 16.8 Å².